The molecule has 0 aliphatic heterocycles. The van der Waals surface area contributed by atoms with Gasteiger partial charge in [-0.2, -0.15) is 0 Å². The molecule has 0 heterocycles. The lowest BCUT2D eigenvalue weighted by atomic mass is 10.4. The van der Waals surface area contributed by atoms with Crippen LogP contribution < -0.4 is 0 Å². The van der Waals surface area contributed by atoms with Crippen molar-refractivity contribution in [2.24, 2.45) is 0 Å². The molecule has 0 aromatic heterocycles. The van der Waals surface area contributed by atoms with E-state index in [-0.39, 0.29) is 0 Å². The highest BCUT2D eigenvalue weighted by Gasteiger charge is 1.84. The summed E-state index contributed by atoms with van der Waals surface area (Å²) in [6.45, 7) is 0. The zero-order chi connectivity index (χ0) is 5.98. The van der Waals surface area contributed by atoms with Crippen LogP contribution in [0.4, 0.5) is 0 Å². The topological polar surface area (TPSA) is 0 Å². The Morgan fingerprint density at radius 3 is 2.75 bits per heavy atom. The van der Waals surface area contributed by atoms with Crippen molar-refractivity contribution < 1.29 is 0 Å². The third-order valence-electron chi connectivity index (χ3n) is 0.748. The highest BCUT2D eigenvalue weighted by Crippen LogP contribution is 2.11. The molecule has 0 atom stereocenters. The van der Waals surface area contributed by atoms with E-state index in [1.54, 1.807) is 18.2 Å². The van der Waals surface area contributed by atoms with Crippen molar-refractivity contribution in [1.29, 1.82) is 0 Å². The summed E-state index contributed by atoms with van der Waals surface area (Å²) in [5.41, 5.74) is 0. The van der Waals surface area contributed by atoms with Crippen molar-refractivity contribution in [1.82, 2.24) is 0 Å². The predicted octanol–water partition coefficient (Wildman–Crippen LogP) is 2.43. The summed E-state index contributed by atoms with van der Waals surface area (Å²) in [5, 5.41) is 0.703. The number of thiol groups is 1. The summed E-state index contributed by atoms with van der Waals surface area (Å²) < 4.78 is 0. The Balaban J connectivity index is 3.08. The van der Waals surface area contributed by atoms with Crippen LogP contribution >= 0.6 is 24.2 Å². The Morgan fingerprint density at radius 2 is 2.38 bits per heavy atom. The van der Waals surface area contributed by atoms with Crippen molar-refractivity contribution in [3.8, 4) is 0 Å². The second kappa shape index (κ2) is 2.42. The van der Waals surface area contributed by atoms with Crippen molar-refractivity contribution in [2.75, 3.05) is 0 Å². The second-order valence-corrected chi connectivity index (χ2v) is 2.31. The Bertz CT molecular complexity index is 168. The third-order valence-corrected chi connectivity index (χ3v) is 1.24. The summed E-state index contributed by atoms with van der Waals surface area (Å²) >= 11 is 9.59. The minimum atomic E-state index is 0.703. The molecule has 8 heavy (non-hydrogen) atoms. The number of hydrogen-bond acceptors (Lipinski definition) is 1. The smallest absolute Gasteiger partial charge is 0.0417 e. The lowest BCUT2D eigenvalue weighted by Gasteiger charge is -1.87. The largest absolute Gasteiger partial charge is 0.143 e. The first-order valence-electron chi connectivity index (χ1n) is 2.15. The molecule has 0 N–H and O–H groups in total. The van der Waals surface area contributed by atoms with Gasteiger partial charge in [-0.05, 0) is 18.2 Å². The number of hydrogen-bond donors (Lipinski definition) is 1. The van der Waals surface area contributed by atoms with Gasteiger partial charge in [-0.3, -0.25) is 0 Å². The van der Waals surface area contributed by atoms with Crippen molar-refractivity contribution in [3.05, 3.63) is 29.3 Å². The Hall–Kier alpha value is -0.140. The molecule has 0 aliphatic carbocycles. The fraction of sp³-hybridized carbons (Fsp3) is 0. The molecule has 0 unspecified atom stereocenters. The molecule has 2 heteroatoms. The van der Waals surface area contributed by atoms with E-state index in [4.69, 9.17) is 11.6 Å². The van der Waals surface area contributed by atoms with Crippen molar-refractivity contribution >= 4 is 24.2 Å². The monoisotopic (exact) mass is 143 g/mol. The van der Waals surface area contributed by atoms with Crippen LogP contribution in [0.2, 0.25) is 5.02 Å². The molecule has 41 valence electrons. The number of rotatable bonds is 0. The molecule has 0 amide bonds. The van der Waals surface area contributed by atoms with Crippen molar-refractivity contribution in [2.45, 2.75) is 4.90 Å². The van der Waals surface area contributed by atoms with Gasteiger partial charge in [-0.25, -0.2) is 0 Å². The van der Waals surface area contributed by atoms with Gasteiger partial charge >= 0.3 is 0 Å². The van der Waals surface area contributed by atoms with Crippen molar-refractivity contribution in [3.63, 3.8) is 0 Å². The molecular formula is C6H4ClS. The Morgan fingerprint density at radius 1 is 1.62 bits per heavy atom. The van der Waals surface area contributed by atoms with E-state index in [0.29, 0.717) is 5.02 Å². The fourth-order valence-electron chi connectivity index (χ4n) is 0.427. The zero-order valence-corrected chi connectivity index (χ0v) is 5.71. The molecule has 0 saturated heterocycles. The van der Waals surface area contributed by atoms with Gasteiger partial charge in [0, 0.05) is 9.92 Å². The molecule has 1 aromatic carbocycles. The molecule has 1 aromatic rings. The first-order valence-corrected chi connectivity index (χ1v) is 2.98. The van der Waals surface area contributed by atoms with E-state index in [2.05, 4.69) is 18.7 Å². The van der Waals surface area contributed by atoms with Gasteiger partial charge < -0.3 is 0 Å². The summed E-state index contributed by atoms with van der Waals surface area (Å²) in [4.78, 5) is 0.775. The lowest BCUT2D eigenvalue weighted by molar-refractivity contribution is 1.46. The number of benzene rings is 1. The summed E-state index contributed by atoms with van der Waals surface area (Å²) in [6.07, 6.45) is 0. The molecule has 0 aliphatic rings. The SMILES string of the molecule is Sc1[c]ccc(Cl)c1. The molecular weight excluding hydrogens is 140 g/mol. The van der Waals surface area contributed by atoms with Crippen LogP contribution in [0.5, 0.6) is 0 Å². The van der Waals surface area contributed by atoms with Crippen LogP contribution in [0, 0.1) is 6.07 Å². The molecule has 1 radical (unpaired) electrons. The van der Waals surface area contributed by atoms with E-state index in [9.17, 15) is 0 Å². The Labute approximate surface area is 58.9 Å². The van der Waals surface area contributed by atoms with E-state index in [1.165, 1.54) is 0 Å². The maximum absolute atomic E-state index is 5.58. The van der Waals surface area contributed by atoms with Crippen LogP contribution in [0.25, 0.3) is 0 Å². The van der Waals surface area contributed by atoms with E-state index in [0.717, 1.165) is 4.90 Å². The number of halogens is 1. The third kappa shape index (κ3) is 1.42. The molecule has 0 fully saturated rings. The van der Waals surface area contributed by atoms with Crippen LogP contribution in [0.3, 0.4) is 0 Å². The first kappa shape index (κ1) is 5.99. The van der Waals surface area contributed by atoms with Gasteiger partial charge in [0.2, 0.25) is 0 Å². The van der Waals surface area contributed by atoms with Crippen LogP contribution in [0.1, 0.15) is 0 Å². The Kier molecular flexibility index (Phi) is 1.81. The van der Waals surface area contributed by atoms with Crippen LogP contribution in [0.15, 0.2) is 23.1 Å². The molecule has 1 rings (SSSR count). The quantitative estimate of drug-likeness (QED) is 0.530. The van der Waals surface area contributed by atoms with E-state index < -0.39 is 0 Å². The second-order valence-electron chi connectivity index (χ2n) is 1.39. The highest BCUT2D eigenvalue weighted by molar-refractivity contribution is 7.80. The van der Waals surface area contributed by atoms with Gasteiger partial charge in [0.1, 0.15) is 0 Å². The van der Waals surface area contributed by atoms with Crippen LogP contribution in [-0.2, 0) is 0 Å². The maximum Gasteiger partial charge on any atom is 0.0417 e. The van der Waals surface area contributed by atoms with Gasteiger partial charge in [0.25, 0.3) is 0 Å². The van der Waals surface area contributed by atoms with Gasteiger partial charge in [0.05, 0.1) is 0 Å². The predicted molar refractivity (Wildman–Crippen MR) is 37.5 cm³/mol. The minimum Gasteiger partial charge on any atom is -0.143 e. The summed E-state index contributed by atoms with van der Waals surface area (Å²) in [6, 6.07) is 8.10. The molecule has 0 bridgehead atoms. The van der Waals surface area contributed by atoms with E-state index in [1.807, 2.05) is 0 Å². The molecule has 0 saturated carbocycles. The normalized spacial score (nSPS) is 9.25. The minimum absolute atomic E-state index is 0.703. The van der Waals surface area contributed by atoms with Crippen LogP contribution in [-0.4, -0.2) is 0 Å². The molecule has 0 nitrogen and oxygen atoms in total. The van der Waals surface area contributed by atoms with Gasteiger partial charge in [0.15, 0.2) is 0 Å². The summed E-state index contributed by atoms with van der Waals surface area (Å²) in [5.74, 6) is 0. The van der Waals surface area contributed by atoms with Gasteiger partial charge in [-0.15, -0.1) is 12.6 Å². The molecule has 0 spiro atoms. The summed E-state index contributed by atoms with van der Waals surface area (Å²) in [7, 11) is 0. The average molecular weight is 144 g/mol. The fourth-order valence-corrected chi connectivity index (χ4v) is 0.889. The average Bonchev–Trinajstić information content (AvgIpc) is 1.64. The standard InChI is InChI=1S/C6H4ClS/c7-5-2-1-3-6(8)4-5/h1-2,4,8H. The maximum atomic E-state index is 5.58. The highest BCUT2D eigenvalue weighted by atomic mass is 35.5. The lowest BCUT2D eigenvalue weighted by Crippen LogP contribution is -1.63. The van der Waals surface area contributed by atoms with E-state index >= 15 is 0 Å². The zero-order valence-electron chi connectivity index (χ0n) is 4.06. The van der Waals surface area contributed by atoms with Gasteiger partial charge in [-0.1, -0.05) is 17.7 Å². The first-order chi connectivity index (χ1) is 3.79.